The predicted octanol–water partition coefficient (Wildman–Crippen LogP) is 2.61. The fourth-order valence-electron chi connectivity index (χ4n) is 3.57. The third-order valence-corrected chi connectivity index (χ3v) is 5.12. The van der Waals surface area contributed by atoms with Crippen molar-refractivity contribution < 1.29 is 9.59 Å². The molecule has 1 aromatic carbocycles. The van der Waals surface area contributed by atoms with Crippen molar-refractivity contribution in [2.45, 2.75) is 51.5 Å². The van der Waals surface area contributed by atoms with Gasteiger partial charge in [0.1, 0.15) is 0 Å². The fraction of sp³-hybridized carbons (Fsp3) is 0.579. The molecule has 1 aliphatic carbocycles. The molecule has 2 fully saturated rings. The molecular formula is C19H27N3O2. The minimum atomic E-state index is -0.0112. The Hall–Kier alpha value is -1.88. The Labute approximate surface area is 143 Å². The van der Waals surface area contributed by atoms with Crippen LogP contribution in [0, 0.1) is 12.8 Å². The van der Waals surface area contributed by atoms with E-state index >= 15 is 0 Å². The van der Waals surface area contributed by atoms with Crippen LogP contribution < -0.4 is 16.0 Å². The first-order chi connectivity index (χ1) is 11.6. The van der Waals surface area contributed by atoms with E-state index in [1.54, 1.807) is 6.07 Å². The first kappa shape index (κ1) is 17.0. The molecule has 130 valence electrons. The van der Waals surface area contributed by atoms with Crippen LogP contribution in [-0.2, 0) is 4.79 Å². The monoisotopic (exact) mass is 329 g/mol. The number of rotatable bonds is 4. The summed E-state index contributed by atoms with van der Waals surface area (Å²) in [5.41, 5.74) is 2.38. The summed E-state index contributed by atoms with van der Waals surface area (Å²) >= 11 is 0. The second-order valence-corrected chi connectivity index (χ2v) is 7.02. The van der Waals surface area contributed by atoms with Crippen molar-refractivity contribution in [3.63, 3.8) is 0 Å². The number of carbonyl (C=O) groups excluding carboxylic acids is 2. The molecule has 1 atom stereocenters. The summed E-state index contributed by atoms with van der Waals surface area (Å²) in [5, 5.41) is 9.32. The molecule has 2 aliphatic rings. The van der Waals surface area contributed by atoms with Gasteiger partial charge in [0.25, 0.3) is 5.91 Å². The van der Waals surface area contributed by atoms with Crippen LogP contribution in [0.15, 0.2) is 18.2 Å². The largest absolute Gasteiger partial charge is 0.349 e. The Morgan fingerprint density at radius 3 is 2.58 bits per heavy atom. The van der Waals surface area contributed by atoms with Crippen LogP contribution >= 0.6 is 0 Å². The van der Waals surface area contributed by atoms with Crippen LogP contribution in [-0.4, -0.2) is 30.9 Å². The number of hydrogen-bond donors (Lipinski definition) is 3. The third kappa shape index (κ3) is 4.15. The molecule has 3 N–H and O–H groups in total. The van der Waals surface area contributed by atoms with Crippen LogP contribution in [0.3, 0.4) is 0 Å². The quantitative estimate of drug-likeness (QED) is 0.795. The van der Waals surface area contributed by atoms with Crippen LogP contribution in [0.2, 0.25) is 0 Å². The van der Waals surface area contributed by atoms with Gasteiger partial charge in [-0.2, -0.15) is 0 Å². The smallest absolute Gasteiger partial charge is 0.251 e. The highest BCUT2D eigenvalue weighted by Crippen LogP contribution is 2.21. The highest BCUT2D eigenvalue weighted by atomic mass is 16.2. The number of anilines is 1. The number of carbonyl (C=O) groups is 2. The van der Waals surface area contributed by atoms with Gasteiger partial charge in [-0.15, -0.1) is 0 Å². The average Bonchev–Trinajstić information content (AvgIpc) is 3.12. The van der Waals surface area contributed by atoms with Gasteiger partial charge in [0.15, 0.2) is 0 Å². The summed E-state index contributed by atoms with van der Waals surface area (Å²) < 4.78 is 0. The van der Waals surface area contributed by atoms with E-state index in [2.05, 4.69) is 16.0 Å². The molecule has 5 nitrogen and oxygen atoms in total. The molecule has 1 saturated heterocycles. The highest BCUT2D eigenvalue weighted by Gasteiger charge is 2.23. The van der Waals surface area contributed by atoms with Crippen LogP contribution in [0.1, 0.15) is 54.4 Å². The molecular weight excluding hydrogens is 302 g/mol. The summed E-state index contributed by atoms with van der Waals surface area (Å²) in [6.45, 7) is 3.57. The van der Waals surface area contributed by atoms with E-state index in [4.69, 9.17) is 0 Å². The molecule has 1 unspecified atom stereocenters. The van der Waals surface area contributed by atoms with Crippen molar-refractivity contribution in [2.24, 2.45) is 5.92 Å². The fourth-order valence-corrected chi connectivity index (χ4v) is 3.57. The van der Waals surface area contributed by atoms with Gasteiger partial charge >= 0.3 is 0 Å². The van der Waals surface area contributed by atoms with E-state index in [0.717, 1.165) is 43.6 Å². The lowest BCUT2D eigenvalue weighted by Gasteiger charge is -2.23. The molecule has 0 radical (unpaired) electrons. The Kier molecular flexibility index (Phi) is 5.51. The molecule has 1 aliphatic heterocycles. The van der Waals surface area contributed by atoms with Crippen molar-refractivity contribution in [3.8, 4) is 0 Å². The molecule has 5 heteroatoms. The van der Waals surface area contributed by atoms with E-state index in [1.165, 1.54) is 19.3 Å². The predicted molar refractivity (Wildman–Crippen MR) is 95.1 cm³/mol. The maximum atomic E-state index is 12.4. The number of nitrogens with one attached hydrogen (secondary N) is 3. The van der Waals surface area contributed by atoms with E-state index in [9.17, 15) is 9.59 Å². The van der Waals surface area contributed by atoms with E-state index in [1.807, 2.05) is 19.1 Å². The molecule has 24 heavy (non-hydrogen) atoms. The van der Waals surface area contributed by atoms with Crippen molar-refractivity contribution >= 4 is 17.5 Å². The Morgan fingerprint density at radius 2 is 1.92 bits per heavy atom. The minimum Gasteiger partial charge on any atom is -0.349 e. The summed E-state index contributed by atoms with van der Waals surface area (Å²) in [6.07, 6.45) is 6.71. The van der Waals surface area contributed by atoms with Crippen molar-refractivity contribution in [1.29, 1.82) is 0 Å². The molecule has 1 saturated carbocycles. The van der Waals surface area contributed by atoms with Gasteiger partial charge in [-0.1, -0.05) is 19.3 Å². The average molecular weight is 329 g/mol. The zero-order chi connectivity index (χ0) is 16.9. The topological polar surface area (TPSA) is 70.2 Å². The first-order valence-electron chi connectivity index (χ1n) is 9.06. The van der Waals surface area contributed by atoms with E-state index in [0.29, 0.717) is 11.6 Å². The Bertz CT molecular complexity index is 603. The number of hydrogen-bond acceptors (Lipinski definition) is 3. The lowest BCUT2D eigenvalue weighted by Crippen LogP contribution is -2.36. The maximum Gasteiger partial charge on any atom is 0.251 e. The van der Waals surface area contributed by atoms with Crippen molar-refractivity contribution in [3.05, 3.63) is 29.3 Å². The number of benzene rings is 1. The Morgan fingerprint density at radius 1 is 1.12 bits per heavy atom. The zero-order valence-corrected chi connectivity index (χ0v) is 14.4. The lowest BCUT2D eigenvalue weighted by atomic mass is 9.95. The second-order valence-electron chi connectivity index (χ2n) is 7.02. The van der Waals surface area contributed by atoms with Crippen molar-refractivity contribution in [2.75, 3.05) is 18.4 Å². The van der Waals surface area contributed by atoms with Crippen LogP contribution in [0.5, 0.6) is 0 Å². The molecule has 0 aromatic heterocycles. The molecule has 3 rings (SSSR count). The standard InChI is InChI=1S/C19H27N3O2/c1-13-11-14(18(23)21-16-5-3-2-4-6-16)7-8-17(13)22-19(24)15-9-10-20-12-15/h7-8,11,15-16,20H,2-6,9-10,12H2,1H3,(H,21,23)(H,22,24). The van der Waals surface area contributed by atoms with Crippen molar-refractivity contribution in [1.82, 2.24) is 10.6 Å². The summed E-state index contributed by atoms with van der Waals surface area (Å²) in [4.78, 5) is 24.6. The lowest BCUT2D eigenvalue weighted by molar-refractivity contribution is -0.119. The van der Waals surface area contributed by atoms with Gasteiger partial charge < -0.3 is 16.0 Å². The second kappa shape index (κ2) is 7.79. The molecule has 0 bridgehead atoms. The summed E-state index contributed by atoms with van der Waals surface area (Å²) in [5.74, 6) is 0.0871. The molecule has 0 spiro atoms. The molecule has 2 amide bonds. The van der Waals surface area contributed by atoms with Gasteiger partial charge in [-0.05, 0) is 56.5 Å². The number of amides is 2. The normalized spacial score (nSPS) is 21.5. The first-order valence-corrected chi connectivity index (χ1v) is 9.06. The van der Waals surface area contributed by atoms with Crippen LogP contribution in [0.25, 0.3) is 0 Å². The third-order valence-electron chi connectivity index (χ3n) is 5.12. The minimum absolute atomic E-state index is 0.0112. The zero-order valence-electron chi connectivity index (χ0n) is 14.4. The molecule has 1 aromatic rings. The molecule has 1 heterocycles. The van der Waals surface area contributed by atoms with Crippen LogP contribution in [0.4, 0.5) is 5.69 Å². The number of aryl methyl sites for hydroxylation is 1. The highest BCUT2D eigenvalue weighted by molar-refractivity contribution is 5.97. The SMILES string of the molecule is Cc1cc(C(=O)NC2CCCCC2)ccc1NC(=O)C1CCNC1. The Balaban J connectivity index is 1.60. The van der Waals surface area contributed by atoms with Gasteiger partial charge in [0.2, 0.25) is 5.91 Å². The summed E-state index contributed by atoms with van der Waals surface area (Å²) in [6, 6.07) is 5.81. The van der Waals surface area contributed by atoms with E-state index in [-0.39, 0.29) is 17.7 Å². The van der Waals surface area contributed by atoms with Gasteiger partial charge in [-0.3, -0.25) is 9.59 Å². The van der Waals surface area contributed by atoms with Gasteiger partial charge in [0.05, 0.1) is 5.92 Å². The van der Waals surface area contributed by atoms with Gasteiger partial charge in [0, 0.05) is 23.8 Å². The summed E-state index contributed by atoms with van der Waals surface area (Å²) in [7, 11) is 0. The van der Waals surface area contributed by atoms with Gasteiger partial charge in [-0.25, -0.2) is 0 Å². The maximum absolute atomic E-state index is 12.4. The van der Waals surface area contributed by atoms with E-state index < -0.39 is 0 Å².